The number of halogens is 2. The average molecular weight is 425 g/mol. The van der Waals surface area contributed by atoms with Gasteiger partial charge in [0.25, 0.3) is 0 Å². The van der Waals surface area contributed by atoms with E-state index in [1.54, 1.807) is 25.2 Å². The average Bonchev–Trinajstić information content (AvgIpc) is 2.49. The summed E-state index contributed by atoms with van der Waals surface area (Å²) >= 11 is 0. The summed E-state index contributed by atoms with van der Waals surface area (Å²) in [7, 11) is 1.69. The van der Waals surface area contributed by atoms with Gasteiger partial charge in [-0.3, -0.25) is 4.99 Å². The number of hydrogen-bond donors (Lipinski definition) is 2. The summed E-state index contributed by atoms with van der Waals surface area (Å²) < 4.78 is 24.2. The van der Waals surface area contributed by atoms with Crippen LogP contribution in [0.1, 0.15) is 13.8 Å². The molecule has 5 nitrogen and oxygen atoms in total. The summed E-state index contributed by atoms with van der Waals surface area (Å²) in [5.41, 5.74) is 0. The first-order valence-electron chi connectivity index (χ1n) is 7.10. The van der Waals surface area contributed by atoms with E-state index in [4.69, 9.17) is 9.47 Å². The van der Waals surface area contributed by atoms with Crippen LogP contribution in [0.3, 0.4) is 0 Å². The van der Waals surface area contributed by atoms with Crippen LogP contribution < -0.4 is 15.4 Å². The van der Waals surface area contributed by atoms with Crippen LogP contribution in [0.5, 0.6) is 5.75 Å². The van der Waals surface area contributed by atoms with Crippen molar-refractivity contribution in [2.45, 2.75) is 20.0 Å². The Kier molecular flexibility index (Phi) is 11.8. The first-order valence-corrected chi connectivity index (χ1v) is 7.10. The Morgan fingerprint density at radius 3 is 2.68 bits per heavy atom. The molecule has 1 aromatic carbocycles. The van der Waals surface area contributed by atoms with Gasteiger partial charge in [-0.25, -0.2) is 4.39 Å². The minimum atomic E-state index is -0.358. The standard InChI is InChI=1S/C15H24FN3O2.HI/c1-4-20-10-9-18-15(17-3)19-11-12(2)21-14-8-6-5-7-13(14)16;/h5-8,12H,4,9-11H2,1-3H3,(H2,17,18,19);1H. The molecular weight excluding hydrogens is 400 g/mol. The summed E-state index contributed by atoms with van der Waals surface area (Å²) in [6, 6.07) is 6.37. The number of aliphatic imine (C=N–C) groups is 1. The Balaban J connectivity index is 0.00000441. The van der Waals surface area contributed by atoms with E-state index in [0.29, 0.717) is 32.3 Å². The lowest BCUT2D eigenvalue weighted by Gasteiger charge is -2.18. The molecule has 0 spiro atoms. The highest BCUT2D eigenvalue weighted by Gasteiger charge is 2.08. The van der Waals surface area contributed by atoms with Crippen LogP contribution in [0.25, 0.3) is 0 Å². The molecule has 7 heteroatoms. The van der Waals surface area contributed by atoms with Gasteiger partial charge in [-0.2, -0.15) is 0 Å². The minimum absolute atomic E-state index is 0. The molecule has 1 rings (SSSR count). The first kappa shape index (κ1) is 20.9. The summed E-state index contributed by atoms with van der Waals surface area (Å²) in [4.78, 5) is 4.09. The molecule has 2 N–H and O–H groups in total. The molecule has 0 heterocycles. The Hall–Kier alpha value is -1.09. The SMILES string of the molecule is CCOCCNC(=NC)NCC(C)Oc1ccccc1F.I. The molecule has 0 bridgehead atoms. The molecule has 0 saturated carbocycles. The van der Waals surface area contributed by atoms with Gasteiger partial charge < -0.3 is 20.1 Å². The summed E-state index contributed by atoms with van der Waals surface area (Å²) in [5.74, 6) is 0.563. The van der Waals surface area contributed by atoms with Crippen LogP contribution in [0.15, 0.2) is 29.3 Å². The van der Waals surface area contributed by atoms with Crippen LogP contribution in [-0.2, 0) is 4.74 Å². The van der Waals surface area contributed by atoms with Crippen molar-refractivity contribution in [3.63, 3.8) is 0 Å². The highest BCUT2D eigenvalue weighted by Crippen LogP contribution is 2.16. The van der Waals surface area contributed by atoms with Gasteiger partial charge in [0.05, 0.1) is 13.2 Å². The van der Waals surface area contributed by atoms with Crippen molar-refractivity contribution >= 4 is 29.9 Å². The molecule has 0 radical (unpaired) electrons. The maximum absolute atomic E-state index is 13.5. The van der Waals surface area contributed by atoms with Crippen molar-refractivity contribution < 1.29 is 13.9 Å². The second-order valence-corrected chi connectivity index (χ2v) is 4.44. The second-order valence-electron chi connectivity index (χ2n) is 4.44. The number of hydrogen-bond acceptors (Lipinski definition) is 3. The zero-order valence-corrected chi connectivity index (χ0v) is 15.6. The molecule has 0 aliphatic carbocycles. The highest BCUT2D eigenvalue weighted by molar-refractivity contribution is 14.0. The second kappa shape index (κ2) is 12.5. The maximum Gasteiger partial charge on any atom is 0.191 e. The molecule has 22 heavy (non-hydrogen) atoms. The van der Waals surface area contributed by atoms with E-state index in [1.165, 1.54) is 6.07 Å². The molecule has 0 saturated heterocycles. The fraction of sp³-hybridized carbons (Fsp3) is 0.533. The predicted molar refractivity (Wildman–Crippen MR) is 97.8 cm³/mol. The lowest BCUT2D eigenvalue weighted by atomic mass is 10.3. The van der Waals surface area contributed by atoms with Crippen molar-refractivity contribution in [2.75, 3.05) is 33.4 Å². The van der Waals surface area contributed by atoms with E-state index in [0.717, 1.165) is 0 Å². The normalized spacial score (nSPS) is 12.3. The van der Waals surface area contributed by atoms with Gasteiger partial charge in [-0.1, -0.05) is 12.1 Å². The molecular formula is C15H25FIN3O2. The quantitative estimate of drug-likeness (QED) is 0.291. The fourth-order valence-electron chi connectivity index (χ4n) is 1.65. The Bertz CT molecular complexity index is 447. The molecule has 0 amide bonds. The Morgan fingerprint density at radius 2 is 2.05 bits per heavy atom. The maximum atomic E-state index is 13.5. The van der Waals surface area contributed by atoms with Gasteiger partial charge >= 0.3 is 0 Å². The Labute approximate surface area is 148 Å². The highest BCUT2D eigenvalue weighted by atomic mass is 127. The van der Waals surface area contributed by atoms with Gasteiger partial charge in [0.1, 0.15) is 6.10 Å². The van der Waals surface area contributed by atoms with E-state index < -0.39 is 0 Å². The Morgan fingerprint density at radius 1 is 1.32 bits per heavy atom. The molecule has 1 aromatic rings. The number of nitrogens with zero attached hydrogens (tertiary/aromatic N) is 1. The van der Waals surface area contributed by atoms with Crippen molar-refractivity contribution in [1.29, 1.82) is 0 Å². The van der Waals surface area contributed by atoms with Crippen molar-refractivity contribution in [2.24, 2.45) is 4.99 Å². The monoisotopic (exact) mass is 425 g/mol. The van der Waals surface area contributed by atoms with Crippen LogP contribution in [-0.4, -0.2) is 45.4 Å². The molecule has 0 fully saturated rings. The van der Waals surface area contributed by atoms with Crippen LogP contribution in [0.4, 0.5) is 4.39 Å². The lowest BCUT2D eigenvalue weighted by Crippen LogP contribution is -2.42. The van der Waals surface area contributed by atoms with Gasteiger partial charge in [-0.15, -0.1) is 24.0 Å². The van der Waals surface area contributed by atoms with Crippen LogP contribution in [0, 0.1) is 5.82 Å². The van der Waals surface area contributed by atoms with Crippen molar-refractivity contribution in [1.82, 2.24) is 10.6 Å². The zero-order chi connectivity index (χ0) is 15.5. The summed E-state index contributed by atoms with van der Waals surface area (Å²) in [5, 5.41) is 6.24. The third-order valence-electron chi connectivity index (χ3n) is 2.69. The van der Waals surface area contributed by atoms with Gasteiger partial charge in [0.15, 0.2) is 17.5 Å². The van der Waals surface area contributed by atoms with E-state index in [-0.39, 0.29) is 41.6 Å². The predicted octanol–water partition coefficient (Wildman–Crippen LogP) is 2.41. The third-order valence-corrected chi connectivity index (χ3v) is 2.69. The molecule has 0 aromatic heterocycles. The number of nitrogens with one attached hydrogen (secondary N) is 2. The number of rotatable bonds is 8. The van der Waals surface area contributed by atoms with E-state index >= 15 is 0 Å². The summed E-state index contributed by atoms with van der Waals surface area (Å²) in [6.45, 7) is 6.33. The molecule has 0 aliphatic rings. The first-order chi connectivity index (χ1) is 10.2. The summed E-state index contributed by atoms with van der Waals surface area (Å²) in [6.07, 6.45) is -0.188. The van der Waals surface area contributed by atoms with E-state index in [1.807, 2.05) is 13.8 Å². The van der Waals surface area contributed by atoms with Crippen LogP contribution in [0.2, 0.25) is 0 Å². The molecule has 0 aliphatic heterocycles. The molecule has 1 unspecified atom stereocenters. The lowest BCUT2D eigenvalue weighted by molar-refractivity contribution is 0.152. The van der Waals surface area contributed by atoms with Crippen molar-refractivity contribution in [3.8, 4) is 5.75 Å². The largest absolute Gasteiger partial charge is 0.486 e. The number of ether oxygens (including phenoxy) is 2. The van der Waals surface area contributed by atoms with Gasteiger partial charge in [-0.05, 0) is 26.0 Å². The van der Waals surface area contributed by atoms with Gasteiger partial charge in [0, 0.05) is 20.2 Å². The number of benzene rings is 1. The van der Waals surface area contributed by atoms with E-state index in [2.05, 4.69) is 15.6 Å². The van der Waals surface area contributed by atoms with Crippen molar-refractivity contribution in [3.05, 3.63) is 30.1 Å². The minimum Gasteiger partial charge on any atom is -0.486 e. The van der Waals surface area contributed by atoms with Gasteiger partial charge in [0.2, 0.25) is 0 Å². The third kappa shape index (κ3) is 8.38. The molecule has 126 valence electrons. The zero-order valence-electron chi connectivity index (χ0n) is 13.3. The van der Waals surface area contributed by atoms with E-state index in [9.17, 15) is 4.39 Å². The van der Waals surface area contributed by atoms with Crippen LogP contribution >= 0.6 is 24.0 Å². The fourth-order valence-corrected chi connectivity index (χ4v) is 1.65. The number of guanidine groups is 1. The topological polar surface area (TPSA) is 54.9 Å². The molecule has 1 atom stereocenters. The number of para-hydroxylation sites is 1. The smallest absolute Gasteiger partial charge is 0.191 e.